The van der Waals surface area contributed by atoms with Gasteiger partial charge in [-0.1, -0.05) is 0 Å². The van der Waals surface area contributed by atoms with Crippen LogP contribution in [0.2, 0.25) is 0 Å². The first-order valence-electron chi connectivity index (χ1n) is 7.25. The van der Waals surface area contributed by atoms with E-state index in [-0.39, 0.29) is 23.1 Å². The Morgan fingerprint density at radius 3 is 2.71 bits per heavy atom. The molecule has 1 fully saturated rings. The molecule has 1 aliphatic heterocycles. The van der Waals surface area contributed by atoms with Gasteiger partial charge in [0.1, 0.15) is 5.82 Å². The molecule has 1 aromatic heterocycles. The lowest BCUT2D eigenvalue weighted by molar-refractivity contribution is -0.125. The van der Waals surface area contributed by atoms with Crippen LogP contribution in [-0.4, -0.2) is 34.7 Å². The summed E-state index contributed by atoms with van der Waals surface area (Å²) in [5, 5.41) is 2.83. The highest BCUT2D eigenvalue weighted by atomic mass is 16.2. The fraction of sp³-hybridized carbons (Fsp3) is 0.643. The van der Waals surface area contributed by atoms with Gasteiger partial charge in [-0.15, -0.1) is 0 Å². The maximum atomic E-state index is 12.0. The van der Waals surface area contributed by atoms with Crippen molar-refractivity contribution in [2.24, 2.45) is 20.0 Å². The minimum atomic E-state index is -0.349. The molecule has 1 unspecified atom stereocenters. The van der Waals surface area contributed by atoms with Gasteiger partial charge in [-0.2, -0.15) is 0 Å². The molecule has 0 aromatic carbocycles. The zero-order valence-corrected chi connectivity index (χ0v) is 12.8. The molecule has 0 bridgehead atoms. The van der Waals surface area contributed by atoms with E-state index in [1.807, 2.05) is 11.8 Å². The van der Waals surface area contributed by atoms with Crippen molar-refractivity contribution < 1.29 is 4.79 Å². The maximum Gasteiger partial charge on any atom is 0.332 e. The van der Waals surface area contributed by atoms with Crippen LogP contribution < -0.4 is 21.5 Å². The summed E-state index contributed by atoms with van der Waals surface area (Å²) in [4.78, 5) is 37.7. The van der Waals surface area contributed by atoms with Crippen molar-refractivity contribution in [2.75, 3.05) is 24.5 Å². The van der Waals surface area contributed by atoms with E-state index in [1.165, 1.54) is 17.7 Å². The molecule has 1 aliphatic rings. The van der Waals surface area contributed by atoms with Crippen LogP contribution in [-0.2, 0) is 18.9 Å². The number of hydrogen-bond acceptors (Lipinski definition) is 4. The van der Waals surface area contributed by atoms with Gasteiger partial charge in [0.25, 0.3) is 5.56 Å². The van der Waals surface area contributed by atoms with Crippen LogP contribution >= 0.6 is 0 Å². The third-order valence-corrected chi connectivity index (χ3v) is 3.97. The third kappa shape index (κ3) is 3.01. The maximum absolute atomic E-state index is 12.0. The van der Waals surface area contributed by atoms with Crippen molar-refractivity contribution in [3.63, 3.8) is 0 Å². The molecule has 7 nitrogen and oxygen atoms in total. The van der Waals surface area contributed by atoms with Crippen LogP contribution in [0.3, 0.4) is 0 Å². The number of carbonyl (C=O) groups is 1. The van der Waals surface area contributed by atoms with Gasteiger partial charge < -0.3 is 10.2 Å². The molecule has 116 valence electrons. The molecule has 21 heavy (non-hydrogen) atoms. The van der Waals surface area contributed by atoms with Crippen LogP contribution in [0.15, 0.2) is 15.7 Å². The second-order valence-electron chi connectivity index (χ2n) is 5.42. The van der Waals surface area contributed by atoms with Gasteiger partial charge >= 0.3 is 5.69 Å². The molecule has 1 atom stereocenters. The van der Waals surface area contributed by atoms with Crippen molar-refractivity contribution in [3.05, 3.63) is 26.9 Å². The monoisotopic (exact) mass is 294 g/mol. The zero-order chi connectivity index (χ0) is 15.6. The highest BCUT2D eigenvalue weighted by Gasteiger charge is 2.27. The Kier molecular flexibility index (Phi) is 4.50. The lowest BCUT2D eigenvalue weighted by Gasteiger charge is -2.34. The van der Waals surface area contributed by atoms with Crippen LogP contribution in [0.25, 0.3) is 0 Å². The van der Waals surface area contributed by atoms with Gasteiger partial charge in [0.2, 0.25) is 5.91 Å². The molecule has 0 spiro atoms. The van der Waals surface area contributed by atoms with Gasteiger partial charge in [-0.05, 0) is 19.8 Å². The van der Waals surface area contributed by atoms with E-state index in [4.69, 9.17) is 0 Å². The molecule has 1 amide bonds. The van der Waals surface area contributed by atoms with Crippen molar-refractivity contribution in [1.82, 2.24) is 14.5 Å². The van der Waals surface area contributed by atoms with E-state index >= 15 is 0 Å². The summed E-state index contributed by atoms with van der Waals surface area (Å²) < 4.78 is 2.54. The minimum absolute atomic E-state index is 0.0380. The Morgan fingerprint density at radius 2 is 2.05 bits per heavy atom. The SMILES string of the molecule is CCNC(=O)C1CCCN(c2cc(=O)n(C)c(=O)n2C)C1. The number of amides is 1. The molecule has 0 saturated carbocycles. The summed E-state index contributed by atoms with van der Waals surface area (Å²) in [6, 6.07) is 1.46. The number of carbonyl (C=O) groups excluding carboxylic acids is 1. The summed E-state index contributed by atoms with van der Waals surface area (Å²) in [7, 11) is 3.11. The molecule has 2 rings (SSSR count). The van der Waals surface area contributed by atoms with E-state index in [2.05, 4.69) is 5.32 Å². The fourth-order valence-corrected chi connectivity index (χ4v) is 2.74. The van der Waals surface area contributed by atoms with E-state index < -0.39 is 0 Å². The molecule has 0 radical (unpaired) electrons. The Hall–Kier alpha value is -2.05. The summed E-state index contributed by atoms with van der Waals surface area (Å²) in [6.45, 7) is 3.78. The summed E-state index contributed by atoms with van der Waals surface area (Å²) >= 11 is 0. The lowest BCUT2D eigenvalue weighted by atomic mass is 9.97. The van der Waals surface area contributed by atoms with Gasteiger partial charge in [0.05, 0.1) is 5.92 Å². The lowest BCUT2D eigenvalue weighted by Crippen LogP contribution is -2.46. The fourth-order valence-electron chi connectivity index (χ4n) is 2.74. The Bertz CT molecular complexity index is 647. The Balaban J connectivity index is 2.28. The van der Waals surface area contributed by atoms with Crippen molar-refractivity contribution in [2.45, 2.75) is 19.8 Å². The molecule has 1 N–H and O–H groups in total. The van der Waals surface area contributed by atoms with Gasteiger partial charge in [-0.3, -0.25) is 18.7 Å². The topological polar surface area (TPSA) is 76.3 Å². The first-order chi connectivity index (χ1) is 9.95. The molecular formula is C14H22N4O3. The third-order valence-electron chi connectivity index (χ3n) is 3.97. The first-order valence-corrected chi connectivity index (χ1v) is 7.25. The first kappa shape index (κ1) is 15.3. The normalized spacial score (nSPS) is 18.6. The standard InChI is InChI=1S/C14H22N4O3/c1-4-15-13(20)10-6-5-7-18(9-10)11-8-12(19)17(3)14(21)16(11)2/h8,10H,4-7,9H2,1-3H3,(H,15,20). The number of piperidine rings is 1. The number of hydrogen-bond donors (Lipinski definition) is 1. The number of rotatable bonds is 3. The number of nitrogens with one attached hydrogen (secondary N) is 1. The Labute approximate surface area is 123 Å². The second kappa shape index (κ2) is 6.15. The zero-order valence-electron chi connectivity index (χ0n) is 12.8. The predicted molar refractivity (Wildman–Crippen MR) is 80.5 cm³/mol. The number of aromatic nitrogens is 2. The molecule has 7 heteroatoms. The summed E-state index contributed by atoms with van der Waals surface area (Å²) in [5.74, 6) is 0.519. The highest BCUT2D eigenvalue weighted by molar-refractivity contribution is 5.79. The Morgan fingerprint density at radius 1 is 1.33 bits per heavy atom. The summed E-state index contributed by atoms with van der Waals surface area (Å²) in [5.41, 5.74) is -0.675. The van der Waals surface area contributed by atoms with Crippen LogP contribution in [0.1, 0.15) is 19.8 Å². The molecule has 2 heterocycles. The molecule has 0 aliphatic carbocycles. The molecule has 1 saturated heterocycles. The second-order valence-corrected chi connectivity index (χ2v) is 5.42. The average molecular weight is 294 g/mol. The van der Waals surface area contributed by atoms with Crippen LogP contribution in [0, 0.1) is 5.92 Å². The van der Waals surface area contributed by atoms with E-state index in [1.54, 1.807) is 7.05 Å². The van der Waals surface area contributed by atoms with Crippen molar-refractivity contribution in [3.8, 4) is 0 Å². The number of nitrogens with zero attached hydrogens (tertiary/aromatic N) is 3. The quantitative estimate of drug-likeness (QED) is 0.810. The predicted octanol–water partition coefficient (Wildman–Crippen LogP) is -0.563. The van der Waals surface area contributed by atoms with Crippen molar-refractivity contribution in [1.29, 1.82) is 0 Å². The average Bonchev–Trinajstić information content (AvgIpc) is 2.49. The van der Waals surface area contributed by atoms with Crippen molar-refractivity contribution >= 4 is 11.7 Å². The molecule has 1 aromatic rings. The van der Waals surface area contributed by atoms with E-state index in [9.17, 15) is 14.4 Å². The van der Waals surface area contributed by atoms with Gasteiger partial charge in [-0.25, -0.2) is 4.79 Å². The van der Waals surface area contributed by atoms with E-state index in [0.717, 1.165) is 24.0 Å². The van der Waals surface area contributed by atoms with Crippen LogP contribution in [0.4, 0.5) is 5.82 Å². The van der Waals surface area contributed by atoms with E-state index in [0.29, 0.717) is 18.9 Å². The van der Waals surface area contributed by atoms with Gasteiger partial charge in [0.15, 0.2) is 0 Å². The van der Waals surface area contributed by atoms with Gasteiger partial charge in [0, 0.05) is 39.8 Å². The summed E-state index contributed by atoms with van der Waals surface area (Å²) in [6.07, 6.45) is 1.70. The highest BCUT2D eigenvalue weighted by Crippen LogP contribution is 2.21. The molecular weight excluding hydrogens is 272 g/mol. The minimum Gasteiger partial charge on any atom is -0.357 e. The largest absolute Gasteiger partial charge is 0.357 e. The van der Waals surface area contributed by atoms with Crippen LogP contribution in [0.5, 0.6) is 0 Å². The smallest absolute Gasteiger partial charge is 0.332 e. The number of anilines is 1.